The van der Waals surface area contributed by atoms with E-state index in [0.717, 1.165) is 0 Å². The van der Waals surface area contributed by atoms with E-state index in [4.69, 9.17) is 0 Å². The molecule has 6 heteroatoms. The van der Waals surface area contributed by atoms with Gasteiger partial charge in [0, 0.05) is 24.6 Å². The standard InChI is InChI=1S/C9H14N2O3S/c1-2-15(13,14)7-3-4-8(12)9-10-5-6-11-9/h5-6H,2-4,7H2,1H3,(H,10,11). The largest absolute Gasteiger partial charge is 0.342 e. The van der Waals surface area contributed by atoms with Crippen LogP contribution >= 0.6 is 0 Å². The number of hydrogen-bond acceptors (Lipinski definition) is 4. The van der Waals surface area contributed by atoms with E-state index in [1.54, 1.807) is 13.1 Å². The molecular weight excluding hydrogens is 216 g/mol. The Morgan fingerprint density at radius 3 is 2.80 bits per heavy atom. The number of carbonyl (C=O) groups excluding carboxylic acids is 1. The Morgan fingerprint density at radius 1 is 1.53 bits per heavy atom. The van der Waals surface area contributed by atoms with Crippen molar-refractivity contribution in [3.05, 3.63) is 18.2 Å². The normalized spacial score (nSPS) is 11.5. The molecular formula is C9H14N2O3S. The van der Waals surface area contributed by atoms with Gasteiger partial charge in [0.15, 0.2) is 11.6 Å². The molecule has 1 aromatic heterocycles. The van der Waals surface area contributed by atoms with Gasteiger partial charge in [-0.25, -0.2) is 13.4 Å². The van der Waals surface area contributed by atoms with E-state index in [2.05, 4.69) is 9.97 Å². The zero-order valence-electron chi connectivity index (χ0n) is 8.56. The van der Waals surface area contributed by atoms with Crippen LogP contribution in [-0.2, 0) is 9.84 Å². The number of nitrogens with zero attached hydrogens (tertiary/aromatic N) is 1. The average molecular weight is 230 g/mol. The van der Waals surface area contributed by atoms with Crippen molar-refractivity contribution in [2.45, 2.75) is 19.8 Å². The second kappa shape index (κ2) is 5.06. The fourth-order valence-corrected chi connectivity index (χ4v) is 2.01. The van der Waals surface area contributed by atoms with Crippen LogP contribution in [0.5, 0.6) is 0 Å². The second-order valence-electron chi connectivity index (χ2n) is 3.20. The number of imidazole rings is 1. The summed E-state index contributed by atoms with van der Waals surface area (Å²) in [4.78, 5) is 17.9. The van der Waals surface area contributed by atoms with Crippen LogP contribution in [0.1, 0.15) is 30.4 Å². The van der Waals surface area contributed by atoms with Gasteiger partial charge in [0.05, 0.1) is 5.75 Å². The lowest BCUT2D eigenvalue weighted by Gasteiger charge is -1.99. The number of nitrogens with one attached hydrogen (secondary N) is 1. The van der Waals surface area contributed by atoms with Crippen LogP contribution in [0, 0.1) is 0 Å². The molecule has 0 aliphatic carbocycles. The molecule has 1 rings (SSSR count). The van der Waals surface area contributed by atoms with Crippen molar-refractivity contribution in [1.29, 1.82) is 0 Å². The van der Waals surface area contributed by atoms with Crippen molar-refractivity contribution < 1.29 is 13.2 Å². The fraction of sp³-hybridized carbons (Fsp3) is 0.556. The molecule has 1 N–H and O–H groups in total. The summed E-state index contributed by atoms with van der Waals surface area (Å²) < 4.78 is 22.3. The van der Waals surface area contributed by atoms with Crippen molar-refractivity contribution in [3.63, 3.8) is 0 Å². The van der Waals surface area contributed by atoms with Crippen molar-refractivity contribution >= 4 is 15.6 Å². The smallest absolute Gasteiger partial charge is 0.198 e. The van der Waals surface area contributed by atoms with Crippen LogP contribution in [0.15, 0.2) is 12.4 Å². The Labute approximate surface area is 88.8 Å². The van der Waals surface area contributed by atoms with E-state index < -0.39 is 9.84 Å². The van der Waals surface area contributed by atoms with Crippen molar-refractivity contribution in [2.75, 3.05) is 11.5 Å². The molecule has 1 heterocycles. The number of hydrogen-bond donors (Lipinski definition) is 1. The van der Waals surface area contributed by atoms with Crippen LogP contribution in [0.25, 0.3) is 0 Å². The highest BCUT2D eigenvalue weighted by Gasteiger charge is 2.11. The minimum atomic E-state index is -2.97. The van der Waals surface area contributed by atoms with Gasteiger partial charge in [-0.3, -0.25) is 4.79 Å². The zero-order chi connectivity index (χ0) is 11.3. The Balaban J connectivity index is 2.36. The van der Waals surface area contributed by atoms with Gasteiger partial charge >= 0.3 is 0 Å². The topological polar surface area (TPSA) is 79.9 Å². The quantitative estimate of drug-likeness (QED) is 0.733. The summed E-state index contributed by atoms with van der Waals surface area (Å²) in [7, 11) is -2.97. The molecule has 0 aliphatic heterocycles. The van der Waals surface area contributed by atoms with Crippen LogP contribution < -0.4 is 0 Å². The highest BCUT2D eigenvalue weighted by Crippen LogP contribution is 2.02. The zero-order valence-corrected chi connectivity index (χ0v) is 9.38. The van der Waals surface area contributed by atoms with Crippen LogP contribution in [0.4, 0.5) is 0 Å². The summed E-state index contributed by atoms with van der Waals surface area (Å²) in [6.45, 7) is 1.60. The predicted octanol–water partition coefficient (Wildman–Crippen LogP) is 0.807. The summed E-state index contributed by atoms with van der Waals surface area (Å²) in [5.74, 6) is 0.341. The number of aromatic amines is 1. The molecule has 15 heavy (non-hydrogen) atoms. The van der Waals surface area contributed by atoms with Gasteiger partial charge < -0.3 is 4.98 Å². The molecule has 5 nitrogen and oxygen atoms in total. The lowest BCUT2D eigenvalue weighted by atomic mass is 10.2. The van der Waals surface area contributed by atoms with E-state index in [-0.39, 0.29) is 23.7 Å². The van der Waals surface area contributed by atoms with Crippen molar-refractivity contribution in [3.8, 4) is 0 Å². The lowest BCUT2D eigenvalue weighted by Crippen LogP contribution is -2.11. The number of H-pyrrole nitrogens is 1. The molecule has 0 saturated carbocycles. The third-order valence-corrected chi connectivity index (χ3v) is 3.85. The monoisotopic (exact) mass is 230 g/mol. The molecule has 0 aliphatic rings. The summed E-state index contributed by atoms with van der Waals surface area (Å²) in [6, 6.07) is 0. The van der Waals surface area contributed by atoms with Gasteiger partial charge in [0.1, 0.15) is 9.84 Å². The first-order valence-electron chi connectivity index (χ1n) is 4.78. The van der Waals surface area contributed by atoms with E-state index >= 15 is 0 Å². The van der Waals surface area contributed by atoms with E-state index in [1.807, 2.05) is 0 Å². The maximum atomic E-state index is 11.4. The van der Waals surface area contributed by atoms with Crippen molar-refractivity contribution in [2.24, 2.45) is 0 Å². The van der Waals surface area contributed by atoms with Crippen molar-refractivity contribution in [1.82, 2.24) is 9.97 Å². The highest BCUT2D eigenvalue weighted by molar-refractivity contribution is 7.91. The molecule has 0 fully saturated rings. The maximum absolute atomic E-state index is 11.4. The molecule has 0 amide bonds. The highest BCUT2D eigenvalue weighted by atomic mass is 32.2. The van der Waals surface area contributed by atoms with Crippen LogP contribution in [0.3, 0.4) is 0 Å². The Hall–Kier alpha value is -1.17. The van der Waals surface area contributed by atoms with E-state index in [9.17, 15) is 13.2 Å². The number of rotatable bonds is 6. The molecule has 0 unspecified atom stereocenters. The average Bonchev–Trinajstić information content (AvgIpc) is 2.70. The number of Topliss-reactive ketones (excluding diaryl/α,β-unsaturated/α-hetero) is 1. The fourth-order valence-electron chi connectivity index (χ4n) is 1.13. The number of aromatic nitrogens is 2. The minimum Gasteiger partial charge on any atom is -0.342 e. The first-order chi connectivity index (χ1) is 7.05. The number of ketones is 1. The van der Waals surface area contributed by atoms with Gasteiger partial charge in [0.25, 0.3) is 0 Å². The molecule has 84 valence electrons. The molecule has 0 saturated heterocycles. The van der Waals surface area contributed by atoms with Gasteiger partial charge in [-0.2, -0.15) is 0 Å². The molecule has 0 radical (unpaired) electrons. The minimum absolute atomic E-state index is 0.0654. The Kier molecular flexibility index (Phi) is 4.02. The molecule has 0 atom stereocenters. The Bertz CT molecular complexity index is 409. The van der Waals surface area contributed by atoms with Gasteiger partial charge in [-0.1, -0.05) is 6.92 Å². The van der Waals surface area contributed by atoms with Gasteiger partial charge in [0.2, 0.25) is 0 Å². The molecule has 0 bridgehead atoms. The molecule has 0 aromatic carbocycles. The SMILES string of the molecule is CCS(=O)(=O)CCCC(=O)c1ncc[nH]1. The summed E-state index contributed by atoms with van der Waals surface area (Å²) in [5, 5.41) is 0. The van der Waals surface area contributed by atoms with E-state index in [0.29, 0.717) is 12.2 Å². The second-order valence-corrected chi connectivity index (χ2v) is 5.67. The molecule has 1 aromatic rings. The number of sulfone groups is 1. The van der Waals surface area contributed by atoms with Crippen LogP contribution in [0.2, 0.25) is 0 Å². The number of carbonyl (C=O) groups is 1. The predicted molar refractivity (Wildman–Crippen MR) is 56.5 cm³/mol. The first-order valence-corrected chi connectivity index (χ1v) is 6.60. The van der Waals surface area contributed by atoms with Gasteiger partial charge in [-0.05, 0) is 6.42 Å². The third kappa shape index (κ3) is 3.83. The third-order valence-electron chi connectivity index (χ3n) is 2.06. The molecule has 0 spiro atoms. The van der Waals surface area contributed by atoms with Crippen LogP contribution in [-0.4, -0.2) is 35.7 Å². The summed E-state index contributed by atoms with van der Waals surface area (Å²) in [6.07, 6.45) is 3.63. The Morgan fingerprint density at radius 2 is 2.27 bits per heavy atom. The summed E-state index contributed by atoms with van der Waals surface area (Å²) >= 11 is 0. The first kappa shape index (κ1) is 11.9. The maximum Gasteiger partial charge on any atom is 0.198 e. The van der Waals surface area contributed by atoms with E-state index in [1.165, 1.54) is 6.20 Å². The lowest BCUT2D eigenvalue weighted by molar-refractivity contribution is 0.0973. The van der Waals surface area contributed by atoms with Gasteiger partial charge in [-0.15, -0.1) is 0 Å². The summed E-state index contributed by atoms with van der Waals surface area (Å²) in [5.41, 5.74) is 0.